The third kappa shape index (κ3) is 2.85. The van der Waals surface area contributed by atoms with Crippen LogP contribution in [0.2, 0.25) is 0 Å². The standard InChI is InChI=1S/C11H14O3/c1-8(14-2)7-9-3-5-10(6-4-9)11(12)13/h3-6,8H,7H2,1-2H3,(H,12,13). The normalized spacial score (nSPS) is 12.4. The monoisotopic (exact) mass is 194 g/mol. The number of hydrogen-bond acceptors (Lipinski definition) is 2. The number of aromatic carboxylic acids is 1. The number of carbonyl (C=O) groups is 1. The molecule has 0 aliphatic heterocycles. The van der Waals surface area contributed by atoms with E-state index in [1.165, 1.54) is 0 Å². The number of carboxylic acid groups (broad SMARTS) is 1. The highest BCUT2D eigenvalue weighted by molar-refractivity contribution is 5.87. The lowest BCUT2D eigenvalue weighted by Crippen LogP contribution is -2.08. The van der Waals surface area contributed by atoms with Crippen LogP contribution in [0.25, 0.3) is 0 Å². The van der Waals surface area contributed by atoms with Gasteiger partial charge >= 0.3 is 5.97 Å². The Kier molecular flexibility index (Phi) is 3.65. The molecule has 1 aromatic rings. The van der Waals surface area contributed by atoms with Gasteiger partial charge in [0.1, 0.15) is 0 Å². The molecule has 3 heteroatoms. The molecule has 0 aliphatic carbocycles. The molecule has 1 N–H and O–H groups in total. The highest BCUT2D eigenvalue weighted by atomic mass is 16.5. The summed E-state index contributed by atoms with van der Waals surface area (Å²) < 4.78 is 5.12. The van der Waals surface area contributed by atoms with Gasteiger partial charge in [-0.2, -0.15) is 0 Å². The lowest BCUT2D eigenvalue weighted by atomic mass is 10.1. The maximum atomic E-state index is 10.6. The summed E-state index contributed by atoms with van der Waals surface area (Å²) in [5.41, 5.74) is 1.41. The van der Waals surface area contributed by atoms with Crippen LogP contribution < -0.4 is 0 Å². The third-order valence-corrected chi connectivity index (χ3v) is 2.13. The van der Waals surface area contributed by atoms with Crippen LogP contribution in [0.15, 0.2) is 24.3 Å². The number of methoxy groups -OCH3 is 1. The molecular weight excluding hydrogens is 180 g/mol. The molecule has 14 heavy (non-hydrogen) atoms. The Balaban J connectivity index is 2.68. The largest absolute Gasteiger partial charge is 0.478 e. The van der Waals surface area contributed by atoms with E-state index < -0.39 is 5.97 Å². The summed E-state index contributed by atoms with van der Waals surface area (Å²) in [7, 11) is 1.66. The van der Waals surface area contributed by atoms with Gasteiger partial charge in [-0.3, -0.25) is 0 Å². The van der Waals surface area contributed by atoms with Crippen molar-refractivity contribution in [3.05, 3.63) is 35.4 Å². The van der Waals surface area contributed by atoms with Crippen molar-refractivity contribution in [2.45, 2.75) is 19.4 Å². The van der Waals surface area contributed by atoms with Crippen molar-refractivity contribution < 1.29 is 14.6 Å². The Labute approximate surface area is 83.3 Å². The molecule has 0 bridgehead atoms. The highest BCUT2D eigenvalue weighted by Crippen LogP contribution is 2.08. The van der Waals surface area contributed by atoms with Gasteiger partial charge in [-0.1, -0.05) is 12.1 Å². The van der Waals surface area contributed by atoms with Gasteiger partial charge in [0.25, 0.3) is 0 Å². The average Bonchev–Trinajstić information content (AvgIpc) is 2.18. The summed E-state index contributed by atoms with van der Waals surface area (Å²) in [6.07, 6.45) is 0.960. The summed E-state index contributed by atoms with van der Waals surface area (Å²) >= 11 is 0. The molecular formula is C11H14O3. The zero-order valence-electron chi connectivity index (χ0n) is 8.36. The molecule has 0 amide bonds. The number of hydrogen-bond donors (Lipinski definition) is 1. The van der Waals surface area contributed by atoms with E-state index in [2.05, 4.69) is 0 Å². The number of carboxylic acids is 1. The van der Waals surface area contributed by atoms with Crippen LogP contribution in [0, 0.1) is 0 Å². The predicted molar refractivity (Wildman–Crippen MR) is 53.6 cm³/mol. The average molecular weight is 194 g/mol. The van der Waals surface area contributed by atoms with Gasteiger partial charge in [-0.15, -0.1) is 0 Å². The number of benzene rings is 1. The minimum Gasteiger partial charge on any atom is -0.478 e. The van der Waals surface area contributed by atoms with E-state index in [4.69, 9.17) is 9.84 Å². The first kappa shape index (κ1) is 10.7. The fourth-order valence-electron chi connectivity index (χ4n) is 1.20. The van der Waals surface area contributed by atoms with Crippen LogP contribution in [0.5, 0.6) is 0 Å². The molecule has 0 aliphatic rings. The summed E-state index contributed by atoms with van der Waals surface area (Å²) in [5, 5.41) is 8.68. The molecule has 1 rings (SSSR count). The van der Waals surface area contributed by atoms with E-state index in [1.807, 2.05) is 19.1 Å². The van der Waals surface area contributed by atoms with Crippen LogP contribution >= 0.6 is 0 Å². The zero-order valence-corrected chi connectivity index (χ0v) is 8.36. The van der Waals surface area contributed by atoms with E-state index in [1.54, 1.807) is 19.2 Å². The first-order chi connectivity index (χ1) is 6.63. The van der Waals surface area contributed by atoms with Gasteiger partial charge in [0.15, 0.2) is 0 Å². The fraction of sp³-hybridized carbons (Fsp3) is 0.364. The molecule has 1 aromatic carbocycles. The van der Waals surface area contributed by atoms with Crippen molar-refractivity contribution in [1.82, 2.24) is 0 Å². The number of rotatable bonds is 4. The van der Waals surface area contributed by atoms with Crippen LogP contribution in [0.3, 0.4) is 0 Å². The first-order valence-electron chi connectivity index (χ1n) is 4.48. The summed E-state index contributed by atoms with van der Waals surface area (Å²) in [4.78, 5) is 10.6. The third-order valence-electron chi connectivity index (χ3n) is 2.13. The SMILES string of the molecule is COC(C)Cc1ccc(C(=O)O)cc1. The van der Waals surface area contributed by atoms with Crippen molar-refractivity contribution in [2.75, 3.05) is 7.11 Å². The van der Waals surface area contributed by atoms with Crippen LogP contribution in [0.1, 0.15) is 22.8 Å². The number of ether oxygens (including phenoxy) is 1. The van der Waals surface area contributed by atoms with Gasteiger partial charge in [0, 0.05) is 7.11 Å². The predicted octanol–water partition coefficient (Wildman–Crippen LogP) is 1.96. The van der Waals surface area contributed by atoms with Crippen molar-refractivity contribution in [1.29, 1.82) is 0 Å². The topological polar surface area (TPSA) is 46.5 Å². The molecule has 0 radical (unpaired) electrons. The summed E-state index contributed by atoms with van der Waals surface area (Å²) in [6, 6.07) is 6.86. The van der Waals surface area contributed by atoms with Crippen molar-refractivity contribution in [3.63, 3.8) is 0 Å². The van der Waals surface area contributed by atoms with Gasteiger partial charge in [-0.05, 0) is 31.0 Å². The highest BCUT2D eigenvalue weighted by Gasteiger charge is 2.04. The van der Waals surface area contributed by atoms with E-state index in [-0.39, 0.29) is 6.10 Å². The lowest BCUT2D eigenvalue weighted by molar-refractivity contribution is 0.0697. The van der Waals surface area contributed by atoms with Gasteiger partial charge < -0.3 is 9.84 Å². The Morgan fingerprint density at radius 3 is 2.43 bits per heavy atom. The quantitative estimate of drug-likeness (QED) is 0.797. The zero-order chi connectivity index (χ0) is 10.6. The van der Waals surface area contributed by atoms with Crippen molar-refractivity contribution in [2.24, 2.45) is 0 Å². The second-order valence-corrected chi connectivity index (χ2v) is 3.25. The molecule has 1 unspecified atom stereocenters. The molecule has 0 spiro atoms. The van der Waals surface area contributed by atoms with E-state index >= 15 is 0 Å². The maximum absolute atomic E-state index is 10.6. The second kappa shape index (κ2) is 4.77. The Bertz CT molecular complexity index is 303. The molecule has 3 nitrogen and oxygen atoms in total. The maximum Gasteiger partial charge on any atom is 0.335 e. The Morgan fingerprint density at radius 1 is 1.43 bits per heavy atom. The molecule has 76 valence electrons. The van der Waals surface area contributed by atoms with Crippen molar-refractivity contribution >= 4 is 5.97 Å². The Morgan fingerprint density at radius 2 is 2.00 bits per heavy atom. The van der Waals surface area contributed by atoms with Crippen LogP contribution in [-0.4, -0.2) is 24.3 Å². The molecule has 0 heterocycles. The van der Waals surface area contributed by atoms with Gasteiger partial charge in [0.2, 0.25) is 0 Å². The summed E-state index contributed by atoms with van der Waals surface area (Å²) in [5.74, 6) is -0.892. The summed E-state index contributed by atoms with van der Waals surface area (Å²) in [6.45, 7) is 1.98. The fourth-order valence-corrected chi connectivity index (χ4v) is 1.20. The Hall–Kier alpha value is -1.35. The van der Waals surface area contributed by atoms with E-state index in [0.29, 0.717) is 5.56 Å². The molecule has 0 saturated heterocycles. The minimum absolute atomic E-state index is 0.158. The lowest BCUT2D eigenvalue weighted by Gasteiger charge is -2.08. The van der Waals surface area contributed by atoms with Crippen LogP contribution in [-0.2, 0) is 11.2 Å². The van der Waals surface area contributed by atoms with E-state index in [0.717, 1.165) is 12.0 Å². The molecule has 0 fully saturated rings. The smallest absolute Gasteiger partial charge is 0.335 e. The van der Waals surface area contributed by atoms with Gasteiger partial charge in [0.05, 0.1) is 11.7 Å². The molecule has 1 atom stereocenters. The first-order valence-corrected chi connectivity index (χ1v) is 4.48. The second-order valence-electron chi connectivity index (χ2n) is 3.25. The van der Waals surface area contributed by atoms with E-state index in [9.17, 15) is 4.79 Å². The van der Waals surface area contributed by atoms with Crippen molar-refractivity contribution in [3.8, 4) is 0 Å². The van der Waals surface area contributed by atoms with Gasteiger partial charge in [-0.25, -0.2) is 4.79 Å². The molecule has 0 aromatic heterocycles. The minimum atomic E-state index is -0.892. The van der Waals surface area contributed by atoms with Crippen LogP contribution in [0.4, 0.5) is 0 Å². The molecule has 0 saturated carbocycles.